The van der Waals surface area contributed by atoms with E-state index in [0.717, 1.165) is 4.88 Å². The lowest BCUT2D eigenvalue weighted by atomic mass is 10.1. The van der Waals surface area contributed by atoms with Crippen molar-refractivity contribution in [2.24, 2.45) is 0 Å². The van der Waals surface area contributed by atoms with Gasteiger partial charge in [0.25, 0.3) is 5.91 Å². The van der Waals surface area contributed by atoms with E-state index >= 15 is 0 Å². The van der Waals surface area contributed by atoms with Crippen molar-refractivity contribution < 1.29 is 14.7 Å². The number of amides is 2. The second-order valence-corrected chi connectivity index (χ2v) is 5.60. The highest BCUT2D eigenvalue weighted by Gasteiger charge is 2.32. The highest BCUT2D eigenvalue weighted by Crippen LogP contribution is 2.18. The molecular weight excluding hydrogens is 288 g/mol. The number of hydrogen-bond acceptors (Lipinski definition) is 4. The molecule has 2 heterocycles. The Kier molecular flexibility index (Phi) is 5.37. The molecule has 1 aliphatic heterocycles. The van der Waals surface area contributed by atoms with Crippen LogP contribution in [0.3, 0.4) is 0 Å². The summed E-state index contributed by atoms with van der Waals surface area (Å²) in [4.78, 5) is 26.7. The summed E-state index contributed by atoms with van der Waals surface area (Å²) in [6, 6.07) is 1.35. The van der Waals surface area contributed by atoms with Crippen molar-refractivity contribution in [1.29, 1.82) is 0 Å². The topological polar surface area (TPSA) is 69.6 Å². The molecule has 1 atom stereocenters. The second-order valence-electron chi connectivity index (χ2n) is 4.69. The van der Waals surface area contributed by atoms with Crippen LogP contribution in [0, 0.1) is 11.8 Å². The minimum atomic E-state index is -0.393. The fourth-order valence-electron chi connectivity index (χ4n) is 2.25. The lowest BCUT2D eigenvalue weighted by molar-refractivity contribution is -0.127. The molecule has 0 spiro atoms. The van der Waals surface area contributed by atoms with Crippen LogP contribution in [0.1, 0.15) is 35.0 Å². The van der Waals surface area contributed by atoms with Gasteiger partial charge in [0.05, 0.1) is 17.0 Å². The number of hydrogen-bond donors (Lipinski definition) is 2. The van der Waals surface area contributed by atoms with Gasteiger partial charge in [0, 0.05) is 24.9 Å². The van der Waals surface area contributed by atoms with Crippen LogP contribution in [0.2, 0.25) is 0 Å². The standard InChI is InChI=1S/C15H18N2O3S/c1-2-13-14(19)16-6-7-17(13)15(20)11-9-12(21-10-11)5-3-4-8-18/h9-10,13,18H,2,4,6-8H2,1H3,(H,16,19). The first-order valence-electron chi connectivity index (χ1n) is 6.94. The minimum absolute atomic E-state index is 0.0330. The van der Waals surface area contributed by atoms with Gasteiger partial charge < -0.3 is 15.3 Å². The summed E-state index contributed by atoms with van der Waals surface area (Å²) < 4.78 is 0. The Bertz CT molecular complexity index is 585. The quantitative estimate of drug-likeness (QED) is 0.813. The summed E-state index contributed by atoms with van der Waals surface area (Å²) in [6.07, 6.45) is 1.02. The molecule has 0 radical (unpaired) electrons. The molecule has 5 nitrogen and oxygen atoms in total. The fourth-order valence-corrected chi connectivity index (χ4v) is 3.00. The van der Waals surface area contributed by atoms with Gasteiger partial charge in [-0.25, -0.2) is 0 Å². The molecule has 2 N–H and O–H groups in total. The number of nitrogens with one attached hydrogen (secondary N) is 1. The number of piperazine rings is 1. The third-order valence-corrected chi connectivity index (χ3v) is 4.12. The molecule has 2 amide bonds. The zero-order valence-electron chi connectivity index (χ0n) is 11.9. The lowest BCUT2D eigenvalue weighted by Gasteiger charge is -2.34. The van der Waals surface area contributed by atoms with E-state index in [1.807, 2.05) is 6.92 Å². The number of thiophene rings is 1. The van der Waals surface area contributed by atoms with Gasteiger partial charge in [-0.3, -0.25) is 9.59 Å². The summed E-state index contributed by atoms with van der Waals surface area (Å²) in [6.45, 7) is 2.96. The molecule has 1 aliphatic rings. The summed E-state index contributed by atoms with van der Waals surface area (Å²) in [5.74, 6) is 5.54. The SMILES string of the molecule is CCC1C(=O)NCCN1C(=O)c1csc(C#CCCO)c1. The van der Waals surface area contributed by atoms with E-state index < -0.39 is 6.04 Å². The molecule has 112 valence electrons. The number of carbonyl (C=O) groups excluding carboxylic acids is 2. The van der Waals surface area contributed by atoms with Crippen LogP contribution in [0.15, 0.2) is 11.4 Å². The molecule has 0 aliphatic carbocycles. The Hall–Kier alpha value is -1.84. The average Bonchev–Trinajstić information content (AvgIpc) is 2.95. The maximum absolute atomic E-state index is 12.5. The molecule has 0 saturated carbocycles. The van der Waals surface area contributed by atoms with Gasteiger partial charge in [0.1, 0.15) is 6.04 Å². The highest BCUT2D eigenvalue weighted by atomic mass is 32.1. The highest BCUT2D eigenvalue weighted by molar-refractivity contribution is 7.10. The largest absolute Gasteiger partial charge is 0.395 e. The van der Waals surface area contributed by atoms with Gasteiger partial charge in [-0.15, -0.1) is 11.3 Å². The normalized spacial score (nSPS) is 17.9. The molecule has 1 unspecified atom stereocenters. The Morgan fingerprint density at radius 1 is 1.62 bits per heavy atom. The minimum Gasteiger partial charge on any atom is -0.395 e. The molecular formula is C15H18N2O3S. The van der Waals surface area contributed by atoms with E-state index in [9.17, 15) is 9.59 Å². The molecule has 2 rings (SSSR count). The zero-order chi connectivity index (χ0) is 15.2. The van der Waals surface area contributed by atoms with Gasteiger partial charge in [0.15, 0.2) is 0 Å². The Labute approximate surface area is 128 Å². The van der Waals surface area contributed by atoms with E-state index in [-0.39, 0.29) is 18.4 Å². The Morgan fingerprint density at radius 3 is 3.14 bits per heavy atom. The van der Waals surface area contributed by atoms with E-state index in [1.165, 1.54) is 11.3 Å². The predicted molar refractivity (Wildman–Crippen MR) is 81.0 cm³/mol. The number of nitrogens with zero attached hydrogens (tertiary/aromatic N) is 1. The third kappa shape index (κ3) is 3.63. The molecule has 1 aromatic heterocycles. The van der Waals surface area contributed by atoms with Crippen molar-refractivity contribution in [3.05, 3.63) is 21.9 Å². The van der Waals surface area contributed by atoms with Crippen molar-refractivity contribution in [3.63, 3.8) is 0 Å². The Balaban J connectivity index is 2.12. The van der Waals surface area contributed by atoms with Gasteiger partial charge in [-0.1, -0.05) is 18.8 Å². The van der Waals surface area contributed by atoms with Crippen molar-refractivity contribution >= 4 is 23.2 Å². The van der Waals surface area contributed by atoms with Gasteiger partial charge in [0.2, 0.25) is 5.91 Å². The van der Waals surface area contributed by atoms with Crippen LogP contribution in [0.25, 0.3) is 0 Å². The van der Waals surface area contributed by atoms with Gasteiger partial charge in [-0.05, 0) is 12.5 Å². The van der Waals surface area contributed by atoms with Crippen LogP contribution in [0.5, 0.6) is 0 Å². The number of rotatable bonds is 3. The third-order valence-electron chi connectivity index (χ3n) is 3.27. The molecule has 0 bridgehead atoms. The first-order valence-corrected chi connectivity index (χ1v) is 7.82. The van der Waals surface area contributed by atoms with E-state index in [0.29, 0.717) is 31.5 Å². The second kappa shape index (κ2) is 7.25. The van der Waals surface area contributed by atoms with Crippen molar-refractivity contribution in [3.8, 4) is 11.8 Å². The van der Waals surface area contributed by atoms with Crippen LogP contribution < -0.4 is 5.32 Å². The summed E-state index contributed by atoms with van der Waals surface area (Å²) >= 11 is 1.40. The monoisotopic (exact) mass is 306 g/mol. The van der Waals surface area contributed by atoms with Crippen LogP contribution in [-0.4, -0.2) is 47.6 Å². The van der Waals surface area contributed by atoms with Gasteiger partial charge in [-0.2, -0.15) is 0 Å². The van der Waals surface area contributed by atoms with Crippen molar-refractivity contribution in [2.45, 2.75) is 25.8 Å². The molecule has 0 aromatic carbocycles. The lowest BCUT2D eigenvalue weighted by Crippen LogP contribution is -2.56. The fraction of sp³-hybridized carbons (Fsp3) is 0.467. The number of carbonyl (C=O) groups is 2. The smallest absolute Gasteiger partial charge is 0.255 e. The summed E-state index contributed by atoms with van der Waals surface area (Å²) in [5.41, 5.74) is 0.571. The van der Waals surface area contributed by atoms with E-state index in [1.54, 1.807) is 16.3 Å². The molecule has 1 aromatic rings. The van der Waals surface area contributed by atoms with Crippen LogP contribution in [0.4, 0.5) is 0 Å². The number of aliphatic hydroxyl groups excluding tert-OH is 1. The predicted octanol–water partition coefficient (Wildman–Crippen LogP) is 0.833. The maximum atomic E-state index is 12.5. The zero-order valence-corrected chi connectivity index (χ0v) is 12.7. The Morgan fingerprint density at radius 2 is 2.43 bits per heavy atom. The number of aliphatic hydroxyl groups is 1. The maximum Gasteiger partial charge on any atom is 0.255 e. The van der Waals surface area contributed by atoms with Crippen molar-refractivity contribution in [2.75, 3.05) is 19.7 Å². The summed E-state index contributed by atoms with van der Waals surface area (Å²) in [7, 11) is 0. The molecule has 1 fully saturated rings. The van der Waals surface area contributed by atoms with Crippen LogP contribution in [-0.2, 0) is 4.79 Å². The first kappa shape index (κ1) is 15.5. The average molecular weight is 306 g/mol. The van der Waals surface area contributed by atoms with Gasteiger partial charge >= 0.3 is 0 Å². The molecule has 6 heteroatoms. The summed E-state index contributed by atoms with van der Waals surface area (Å²) in [5, 5.41) is 13.2. The molecule has 21 heavy (non-hydrogen) atoms. The van der Waals surface area contributed by atoms with E-state index in [4.69, 9.17) is 5.11 Å². The van der Waals surface area contributed by atoms with Crippen molar-refractivity contribution in [1.82, 2.24) is 10.2 Å². The van der Waals surface area contributed by atoms with E-state index in [2.05, 4.69) is 17.2 Å². The van der Waals surface area contributed by atoms with Crippen LogP contribution >= 0.6 is 11.3 Å². The first-order chi connectivity index (χ1) is 10.2. The molecule has 1 saturated heterocycles.